The highest BCUT2D eigenvalue weighted by Crippen LogP contribution is 2.36. The van der Waals surface area contributed by atoms with Gasteiger partial charge in [-0.25, -0.2) is 6.57 Å². The monoisotopic (exact) mass is 275 g/mol. The van der Waals surface area contributed by atoms with Gasteiger partial charge in [0.15, 0.2) is 8.32 Å². The summed E-state index contributed by atoms with van der Waals surface area (Å²) in [5, 5.41) is 0.270. The number of benzene rings is 1. The van der Waals surface area contributed by atoms with Crippen LogP contribution in [0.2, 0.25) is 18.1 Å². The summed E-state index contributed by atoms with van der Waals surface area (Å²) in [7, 11) is -1.62. The van der Waals surface area contributed by atoms with E-state index < -0.39 is 8.32 Å². The average molecular weight is 275 g/mol. The lowest BCUT2D eigenvalue weighted by atomic mass is 10.1. The molecule has 0 unspecified atom stereocenters. The molecule has 1 aromatic rings. The van der Waals surface area contributed by atoms with E-state index in [0.29, 0.717) is 6.54 Å². The van der Waals surface area contributed by atoms with E-state index in [9.17, 15) is 0 Å². The Labute approximate surface area is 118 Å². The molecule has 0 radical (unpaired) electrons. The molecule has 0 fully saturated rings. The quantitative estimate of drug-likeness (QED) is 0.562. The third kappa shape index (κ3) is 4.81. The highest BCUT2D eigenvalue weighted by Gasteiger charge is 2.36. The van der Waals surface area contributed by atoms with E-state index in [-0.39, 0.29) is 5.04 Å². The molecule has 0 aliphatic carbocycles. The van der Waals surface area contributed by atoms with Crippen LogP contribution in [0.1, 0.15) is 31.9 Å². The third-order valence-corrected chi connectivity index (χ3v) is 8.48. The molecule has 0 bridgehead atoms. The molecule has 0 spiro atoms. The van der Waals surface area contributed by atoms with Crippen molar-refractivity contribution in [3.8, 4) is 0 Å². The molecular formula is C16H25NOSi. The molecule has 0 saturated heterocycles. The van der Waals surface area contributed by atoms with Crippen molar-refractivity contribution in [2.75, 3.05) is 6.61 Å². The number of hydrogen-bond donors (Lipinski definition) is 0. The summed E-state index contributed by atoms with van der Waals surface area (Å²) in [4.78, 5) is 3.39. The summed E-state index contributed by atoms with van der Waals surface area (Å²) in [6.45, 7) is 19.5. The second-order valence-corrected chi connectivity index (χ2v) is 11.3. The lowest BCUT2D eigenvalue weighted by molar-refractivity contribution is 0.292. The van der Waals surface area contributed by atoms with Gasteiger partial charge in [-0.1, -0.05) is 45.0 Å². The first kappa shape index (κ1) is 15.9. The fourth-order valence-corrected chi connectivity index (χ4v) is 2.59. The highest BCUT2D eigenvalue weighted by molar-refractivity contribution is 6.74. The maximum Gasteiger partial charge on any atom is 0.239 e. The number of nitrogens with zero attached hydrogens (tertiary/aromatic N) is 1. The van der Waals surface area contributed by atoms with Crippen molar-refractivity contribution in [1.29, 1.82) is 0 Å². The molecule has 2 nitrogen and oxygen atoms in total. The Morgan fingerprint density at radius 3 is 2.11 bits per heavy atom. The van der Waals surface area contributed by atoms with Gasteiger partial charge in [0.25, 0.3) is 0 Å². The van der Waals surface area contributed by atoms with Crippen molar-refractivity contribution in [3.63, 3.8) is 0 Å². The largest absolute Gasteiger partial charge is 0.416 e. The molecule has 0 saturated carbocycles. The van der Waals surface area contributed by atoms with Crippen molar-refractivity contribution in [1.82, 2.24) is 0 Å². The summed E-state index contributed by atoms with van der Waals surface area (Å²) in [5.74, 6) is 0. The molecule has 3 heteroatoms. The van der Waals surface area contributed by atoms with E-state index >= 15 is 0 Å². The second kappa shape index (κ2) is 6.36. The molecule has 0 N–H and O–H groups in total. The molecule has 0 heterocycles. The Bertz CT molecular complexity index is 437. The predicted octanol–water partition coefficient (Wildman–Crippen LogP) is 4.67. The normalized spacial score (nSPS) is 12.2. The molecule has 1 aromatic carbocycles. The number of rotatable bonds is 5. The van der Waals surface area contributed by atoms with E-state index in [1.807, 2.05) is 12.1 Å². The molecule has 0 amide bonds. The van der Waals surface area contributed by atoms with Crippen molar-refractivity contribution in [2.45, 2.75) is 51.9 Å². The first-order valence-corrected chi connectivity index (χ1v) is 9.72. The van der Waals surface area contributed by atoms with E-state index in [0.717, 1.165) is 18.6 Å². The van der Waals surface area contributed by atoms with Crippen LogP contribution in [0.15, 0.2) is 24.3 Å². The van der Waals surface area contributed by atoms with Crippen molar-refractivity contribution in [3.05, 3.63) is 46.8 Å². The average Bonchev–Trinajstić information content (AvgIpc) is 2.30. The SMILES string of the molecule is [C-]#[N+]Cc1ccc(CCO[Si](C)(C)C(C)(C)C)cc1. The Morgan fingerprint density at radius 1 is 1.11 bits per heavy atom. The Kier molecular flexibility index (Phi) is 5.34. The molecule has 0 aliphatic heterocycles. The molecule has 0 aromatic heterocycles. The zero-order valence-electron chi connectivity index (χ0n) is 12.8. The van der Waals surface area contributed by atoms with Gasteiger partial charge >= 0.3 is 0 Å². The minimum atomic E-state index is -1.62. The topological polar surface area (TPSA) is 13.6 Å². The fourth-order valence-electron chi connectivity index (χ4n) is 1.54. The minimum Gasteiger partial charge on any atom is -0.416 e. The summed E-state index contributed by atoms with van der Waals surface area (Å²) in [6.07, 6.45) is 0.949. The van der Waals surface area contributed by atoms with Gasteiger partial charge in [-0.05, 0) is 30.1 Å². The van der Waals surface area contributed by atoms with Gasteiger partial charge in [0, 0.05) is 12.2 Å². The fraction of sp³-hybridized carbons (Fsp3) is 0.562. The van der Waals surface area contributed by atoms with E-state index in [1.54, 1.807) is 0 Å². The number of hydrogen-bond acceptors (Lipinski definition) is 1. The van der Waals surface area contributed by atoms with E-state index in [2.05, 4.69) is 50.8 Å². The minimum absolute atomic E-state index is 0.270. The highest BCUT2D eigenvalue weighted by atomic mass is 28.4. The maximum atomic E-state index is 6.84. The van der Waals surface area contributed by atoms with Crippen LogP contribution in [0.4, 0.5) is 0 Å². The molecule has 104 valence electrons. The lowest BCUT2D eigenvalue weighted by Gasteiger charge is -2.36. The first-order valence-electron chi connectivity index (χ1n) is 6.81. The van der Waals surface area contributed by atoms with Crippen LogP contribution in [-0.4, -0.2) is 14.9 Å². The van der Waals surface area contributed by atoms with Gasteiger partial charge in [-0.2, -0.15) is 0 Å². The predicted molar refractivity (Wildman–Crippen MR) is 83.6 cm³/mol. The van der Waals surface area contributed by atoms with Gasteiger partial charge in [0.2, 0.25) is 6.54 Å². The van der Waals surface area contributed by atoms with Crippen LogP contribution >= 0.6 is 0 Å². The summed E-state index contributed by atoms with van der Waals surface area (Å²) < 4.78 is 6.17. The van der Waals surface area contributed by atoms with Crippen LogP contribution in [0.3, 0.4) is 0 Å². The van der Waals surface area contributed by atoms with Crippen LogP contribution < -0.4 is 0 Å². The van der Waals surface area contributed by atoms with Crippen LogP contribution in [0.5, 0.6) is 0 Å². The molecule has 1 rings (SSSR count). The Balaban J connectivity index is 2.48. The van der Waals surface area contributed by atoms with E-state index in [1.165, 1.54) is 5.56 Å². The summed E-state index contributed by atoms with van der Waals surface area (Å²) >= 11 is 0. The van der Waals surface area contributed by atoms with Gasteiger partial charge in [0.1, 0.15) is 0 Å². The van der Waals surface area contributed by atoms with Crippen LogP contribution in [-0.2, 0) is 17.4 Å². The van der Waals surface area contributed by atoms with Gasteiger partial charge in [0.05, 0.1) is 0 Å². The van der Waals surface area contributed by atoms with Gasteiger partial charge in [-0.3, -0.25) is 0 Å². The zero-order chi connectivity index (χ0) is 14.5. The Morgan fingerprint density at radius 2 is 1.63 bits per heavy atom. The second-order valence-electron chi connectivity index (χ2n) is 6.49. The van der Waals surface area contributed by atoms with Gasteiger partial charge < -0.3 is 9.27 Å². The maximum absolute atomic E-state index is 6.84. The molecule has 0 atom stereocenters. The first-order chi connectivity index (χ1) is 8.76. The van der Waals surface area contributed by atoms with Crippen LogP contribution in [0, 0.1) is 6.57 Å². The molecular weight excluding hydrogens is 250 g/mol. The van der Waals surface area contributed by atoms with E-state index in [4.69, 9.17) is 11.0 Å². The van der Waals surface area contributed by atoms with Crippen molar-refractivity contribution >= 4 is 8.32 Å². The zero-order valence-corrected chi connectivity index (χ0v) is 13.8. The standard InChI is InChI=1S/C16H25NOSi/c1-16(2,3)19(5,6)18-12-11-14-7-9-15(10-8-14)13-17-4/h7-10H,11-13H2,1-3,5-6H3. The van der Waals surface area contributed by atoms with Crippen molar-refractivity contribution in [2.24, 2.45) is 0 Å². The lowest BCUT2D eigenvalue weighted by Crippen LogP contribution is -2.41. The third-order valence-electron chi connectivity index (χ3n) is 3.94. The van der Waals surface area contributed by atoms with Crippen LogP contribution in [0.25, 0.3) is 4.85 Å². The molecule has 0 aliphatic rings. The van der Waals surface area contributed by atoms with Crippen molar-refractivity contribution < 1.29 is 4.43 Å². The smallest absolute Gasteiger partial charge is 0.239 e. The molecule has 19 heavy (non-hydrogen) atoms. The Hall–Kier alpha value is -1.11. The van der Waals surface area contributed by atoms with Gasteiger partial charge in [-0.15, -0.1) is 0 Å². The summed E-state index contributed by atoms with van der Waals surface area (Å²) in [5.41, 5.74) is 2.37. The summed E-state index contributed by atoms with van der Waals surface area (Å²) in [6, 6.07) is 8.30.